The number of aromatic amines is 2. The van der Waals surface area contributed by atoms with Gasteiger partial charge in [-0.2, -0.15) is 0 Å². The third-order valence-corrected chi connectivity index (χ3v) is 14.9. The fourth-order valence-electron chi connectivity index (χ4n) is 11.4. The van der Waals surface area contributed by atoms with Crippen LogP contribution in [0.1, 0.15) is 132 Å². The number of hydrogen-bond acceptors (Lipinski definition) is 9. The van der Waals surface area contributed by atoms with Crippen LogP contribution in [0.5, 0.6) is 0 Å². The van der Waals surface area contributed by atoms with E-state index in [4.69, 9.17) is 14.7 Å². The number of amides is 4. The Bertz CT molecular complexity index is 2740. The summed E-state index contributed by atoms with van der Waals surface area (Å²) in [6, 6.07) is 11.6. The number of fused-ring (bicyclic) bond motifs is 2. The molecule has 2 aromatic heterocycles. The first-order valence-electron chi connectivity index (χ1n) is 24.6. The number of carbonyl (C=O) groups is 4. The summed E-state index contributed by atoms with van der Waals surface area (Å²) in [7, 11) is 2.70. The third kappa shape index (κ3) is 9.13. The molecule has 5 aromatic rings. The lowest BCUT2D eigenvalue weighted by atomic mass is 10.0. The van der Waals surface area contributed by atoms with Crippen molar-refractivity contribution in [3.63, 3.8) is 0 Å². The van der Waals surface area contributed by atoms with E-state index in [1.54, 1.807) is 9.80 Å². The second-order valence-corrected chi connectivity index (χ2v) is 19.9. The highest BCUT2D eigenvalue weighted by atomic mass is 19.1. The second-order valence-electron chi connectivity index (χ2n) is 19.9. The number of anilines is 2. The number of rotatable bonds is 12. The minimum Gasteiger partial charge on any atom is -0.465 e. The summed E-state index contributed by atoms with van der Waals surface area (Å²) in [6.07, 6.45) is 5.22. The number of aromatic nitrogens is 4. The lowest BCUT2D eigenvalue weighted by Gasteiger charge is -2.35. The van der Waals surface area contributed by atoms with E-state index in [0.717, 1.165) is 59.2 Å². The minimum absolute atomic E-state index is 0.170. The fourth-order valence-corrected chi connectivity index (χ4v) is 11.4. The fraction of sp³-hybridized carbons (Fsp3) is 0.529. The lowest BCUT2D eigenvalue weighted by Crippen LogP contribution is -2.51. The van der Waals surface area contributed by atoms with Crippen LogP contribution < -0.4 is 15.1 Å². The number of halogens is 2. The van der Waals surface area contributed by atoms with E-state index in [1.807, 2.05) is 73.9 Å². The van der Waals surface area contributed by atoms with Crippen LogP contribution >= 0.6 is 0 Å². The molecule has 16 nitrogen and oxygen atoms in total. The number of carbonyl (C=O) groups excluding carboxylic acids is 3. The molecule has 4 aliphatic rings. The molecule has 9 rings (SSSR count). The Morgan fingerprint density at radius 1 is 0.696 bits per heavy atom. The van der Waals surface area contributed by atoms with E-state index < -0.39 is 35.9 Å². The summed E-state index contributed by atoms with van der Waals surface area (Å²) in [5.74, 6) is -0.587. The van der Waals surface area contributed by atoms with Gasteiger partial charge in [0.2, 0.25) is 11.8 Å². The first kappa shape index (κ1) is 47.6. The first-order chi connectivity index (χ1) is 33.1. The summed E-state index contributed by atoms with van der Waals surface area (Å²) < 4.78 is 38.1. The molecule has 18 heteroatoms. The molecule has 0 spiro atoms. The van der Waals surface area contributed by atoms with Gasteiger partial charge in [0.1, 0.15) is 35.4 Å². The lowest BCUT2D eigenvalue weighted by molar-refractivity contribution is -0.138. The van der Waals surface area contributed by atoms with Gasteiger partial charge in [-0.3, -0.25) is 14.5 Å². The van der Waals surface area contributed by atoms with Gasteiger partial charge in [0, 0.05) is 45.4 Å². The Labute approximate surface area is 400 Å². The number of H-pyrrole nitrogens is 2. The Hall–Kier alpha value is -6.46. The van der Waals surface area contributed by atoms with Crippen molar-refractivity contribution in [1.29, 1.82) is 0 Å². The number of likely N-dealkylation sites (tertiary alicyclic amines) is 2. The quantitative estimate of drug-likeness (QED) is 0.0941. The van der Waals surface area contributed by atoms with Gasteiger partial charge in [0.25, 0.3) is 0 Å². The third-order valence-electron chi connectivity index (χ3n) is 14.9. The summed E-state index contributed by atoms with van der Waals surface area (Å²) >= 11 is 0. The maximum atomic E-state index is 16.9. The van der Waals surface area contributed by atoms with Gasteiger partial charge in [-0.1, -0.05) is 39.8 Å². The van der Waals surface area contributed by atoms with Gasteiger partial charge in [-0.15, -0.1) is 0 Å². The maximum Gasteiger partial charge on any atom is 0.407 e. The van der Waals surface area contributed by atoms with Crippen LogP contribution in [0, 0.1) is 23.5 Å². The van der Waals surface area contributed by atoms with Crippen LogP contribution in [0.2, 0.25) is 0 Å². The summed E-state index contributed by atoms with van der Waals surface area (Å²) in [6.45, 7) is 9.78. The van der Waals surface area contributed by atoms with E-state index in [2.05, 4.69) is 15.3 Å². The monoisotopic (exact) mass is 950 g/mol. The molecule has 4 saturated heterocycles. The topological polar surface area (TPSA) is 183 Å². The molecule has 69 heavy (non-hydrogen) atoms. The van der Waals surface area contributed by atoms with E-state index >= 15 is 8.78 Å². The molecule has 0 bridgehead atoms. The van der Waals surface area contributed by atoms with Crippen LogP contribution in [0.25, 0.3) is 22.1 Å². The highest BCUT2D eigenvalue weighted by Crippen LogP contribution is 2.49. The average molecular weight is 951 g/mol. The van der Waals surface area contributed by atoms with Crippen molar-refractivity contribution < 1.29 is 37.8 Å². The van der Waals surface area contributed by atoms with Crippen molar-refractivity contribution >= 4 is 57.4 Å². The van der Waals surface area contributed by atoms with Crippen molar-refractivity contribution in [1.82, 2.24) is 40.0 Å². The van der Waals surface area contributed by atoms with Gasteiger partial charge in [0.15, 0.2) is 0 Å². The molecule has 0 radical (unpaired) electrons. The minimum atomic E-state index is -1.16. The number of methoxy groups -OCH3 is 1. The van der Waals surface area contributed by atoms with Gasteiger partial charge >= 0.3 is 12.2 Å². The van der Waals surface area contributed by atoms with E-state index in [-0.39, 0.29) is 59.2 Å². The molecule has 4 N–H and O–H groups in total. The Balaban J connectivity index is 1.04. The molecule has 368 valence electrons. The van der Waals surface area contributed by atoms with Gasteiger partial charge in [-0.05, 0) is 105 Å². The number of likely N-dealkylation sites (N-methyl/N-ethyl adjacent to an activating group) is 1. The van der Waals surface area contributed by atoms with Crippen molar-refractivity contribution in [2.75, 3.05) is 50.1 Å². The Morgan fingerprint density at radius 2 is 1.22 bits per heavy atom. The number of ether oxygens (including phenoxy) is 1. The number of benzene rings is 3. The number of carboxylic acid groups (broad SMARTS) is 1. The molecule has 4 fully saturated rings. The number of imidazole rings is 2. The summed E-state index contributed by atoms with van der Waals surface area (Å²) in [4.78, 5) is 77.5. The van der Waals surface area contributed by atoms with Crippen molar-refractivity contribution in [3.8, 4) is 0 Å². The molecule has 6 heterocycles. The van der Waals surface area contributed by atoms with Crippen LogP contribution in [0.15, 0.2) is 48.5 Å². The normalized spacial score (nSPS) is 21.8. The molecule has 6 atom stereocenters. The number of nitrogens with zero attached hydrogens (tertiary/aromatic N) is 7. The van der Waals surface area contributed by atoms with Gasteiger partial charge in [-0.25, -0.2) is 28.3 Å². The highest BCUT2D eigenvalue weighted by Gasteiger charge is 2.42. The predicted molar refractivity (Wildman–Crippen MR) is 258 cm³/mol. The molecule has 0 saturated carbocycles. The Kier molecular flexibility index (Phi) is 13.5. The number of alkyl carbamates (subject to hydrolysis) is 1. The first-order valence-corrected chi connectivity index (χ1v) is 24.6. The van der Waals surface area contributed by atoms with E-state index in [1.165, 1.54) is 26.3 Å². The van der Waals surface area contributed by atoms with Crippen LogP contribution in [-0.4, -0.2) is 116 Å². The van der Waals surface area contributed by atoms with Gasteiger partial charge < -0.3 is 44.7 Å². The number of nitrogens with one attached hydrogen (secondary N) is 3. The van der Waals surface area contributed by atoms with E-state index in [0.29, 0.717) is 74.5 Å². The molecule has 4 amide bonds. The highest BCUT2D eigenvalue weighted by molar-refractivity contribution is 5.87. The smallest absolute Gasteiger partial charge is 0.407 e. The van der Waals surface area contributed by atoms with Crippen LogP contribution in [0.4, 0.5) is 29.7 Å². The van der Waals surface area contributed by atoms with Crippen molar-refractivity contribution in [2.24, 2.45) is 11.8 Å². The SMILES string of the molecule is COC(=O)N[C@H](C(=O)N1CCC[C@H]1c1nc2ccc([C@H]3CC[C@H](c4ccc5nc([C@@H]6CCCN6C(=O)[C@H](C(C)C)N(C)C(=O)O)[nH]c5c4)N3c3cc(F)c(N4CCCCC4)cc3F)cc2[nH]1)C(C)C. The zero-order valence-corrected chi connectivity index (χ0v) is 40.3. The zero-order chi connectivity index (χ0) is 48.8. The molecule has 4 aliphatic heterocycles. The maximum absolute atomic E-state index is 16.9. The van der Waals surface area contributed by atoms with Crippen LogP contribution in [0.3, 0.4) is 0 Å². The molecule has 0 aliphatic carbocycles. The van der Waals surface area contributed by atoms with E-state index in [9.17, 15) is 24.3 Å². The second kappa shape index (κ2) is 19.5. The summed E-state index contributed by atoms with van der Waals surface area (Å²) in [5, 5.41) is 12.5. The van der Waals surface area contributed by atoms with Crippen molar-refractivity contribution in [3.05, 3.63) is 82.9 Å². The van der Waals surface area contributed by atoms with Crippen molar-refractivity contribution in [2.45, 2.75) is 122 Å². The Morgan fingerprint density at radius 3 is 1.72 bits per heavy atom. The molecule has 3 aromatic carbocycles. The molecular formula is C51H64F2N10O6. The number of hydrogen-bond donors (Lipinski definition) is 4. The molecular weight excluding hydrogens is 887 g/mol. The van der Waals surface area contributed by atoms with Gasteiger partial charge in [0.05, 0.1) is 64.7 Å². The number of piperidine rings is 1. The predicted octanol–water partition coefficient (Wildman–Crippen LogP) is 9.13. The average Bonchev–Trinajstić information content (AvgIpc) is 4.19. The van der Waals surface area contributed by atoms with Crippen LogP contribution in [-0.2, 0) is 14.3 Å². The standard InChI is InChI=1S/C51H64F2N10O6/c1-28(2)44(58-50(66)69-6)48(64)61-22-10-12-40(61)46-54-34-16-14-30(24-36(34)56-46)38-18-19-39(63(38)43-27-32(52)42(26-33(43)53)60-20-8-7-9-21-60)31-15-17-35-37(25-31)57-47(55-35)41-13-11-23-62(41)49(65)45(29(3)4)59(5)51(67)68/h14-17,24-29,38-41,44-45H,7-13,18-23H2,1-6H3,(H,54,56)(H,55,57)(H,58,66)(H,67,68)/t38-,39-,40+,41+,44+,45+/m1/s1. The molecule has 0 unspecified atom stereocenters. The summed E-state index contributed by atoms with van der Waals surface area (Å²) in [5.41, 5.74) is 5.13. The largest absolute Gasteiger partial charge is 0.465 e. The zero-order valence-electron chi connectivity index (χ0n) is 40.3.